The number of nitrogens with zero attached hydrogens (tertiary/aromatic N) is 2. The van der Waals surface area contributed by atoms with Crippen molar-refractivity contribution in [1.29, 1.82) is 0 Å². The van der Waals surface area contributed by atoms with Crippen molar-refractivity contribution in [3.63, 3.8) is 0 Å². The third kappa shape index (κ3) is 3.14. The van der Waals surface area contributed by atoms with Crippen molar-refractivity contribution in [2.45, 2.75) is 37.5 Å². The number of carbonyl (C=O) groups is 1. The maximum Gasteiger partial charge on any atom is 0.387 e. The molecule has 1 aliphatic carbocycles. The Bertz CT molecular complexity index is 1170. The molecule has 1 aromatic heterocycles. The lowest BCUT2D eigenvalue weighted by molar-refractivity contribution is -0.0488. The van der Waals surface area contributed by atoms with Crippen LogP contribution >= 0.6 is 0 Å². The molecule has 2 saturated heterocycles. The number of hydrogen-bond acceptors (Lipinski definition) is 6. The normalized spacial score (nSPS) is 25.0. The Kier molecular flexibility index (Phi) is 4.86. The Morgan fingerprint density at radius 1 is 1.38 bits per heavy atom. The number of aromatic nitrogens is 1. The number of nitrogens with two attached hydrogens (primary N) is 1. The van der Waals surface area contributed by atoms with Crippen molar-refractivity contribution in [3.05, 3.63) is 33.9 Å². The van der Waals surface area contributed by atoms with Gasteiger partial charge in [0.15, 0.2) is 11.6 Å². The lowest BCUT2D eigenvalue weighted by Gasteiger charge is -2.28. The van der Waals surface area contributed by atoms with Crippen molar-refractivity contribution in [2.24, 2.45) is 11.7 Å². The zero-order valence-corrected chi connectivity index (χ0v) is 17.0. The average Bonchev–Trinajstić information content (AvgIpc) is 3.40. The van der Waals surface area contributed by atoms with Crippen molar-refractivity contribution in [1.82, 2.24) is 4.57 Å². The number of alkyl halides is 2. The molecule has 2 atom stereocenters. The van der Waals surface area contributed by atoms with E-state index in [1.54, 1.807) is 4.90 Å². The van der Waals surface area contributed by atoms with E-state index in [0.717, 1.165) is 12.3 Å². The number of rotatable bonds is 6. The number of carboxylic acid groups (broad SMARTS) is 1. The lowest BCUT2D eigenvalue weighted by atomic mass is 9.91. The van der Waals surface area contributed by atoms with Gasteiger partial charge in [-0.25, -0.2) is 9.18 Å². The van der Waals surface area contributed by atoms with Crippen LogP contribution in [0.25, 0.3) is 10.9 Å². The summed E-state index contributed by atoms with van der Waals surface area (Å²) in [7, 11) is 0. The van der Waals surface area contributed by atoms with E-state index in [4.69, 9.17) is 15.2 Å². The highest BCUT2D eigenvalue weighted by Gasteiger charge is 2.51. The summed E-state index contributed by atoms with van der Waals surface area (Å²) in [5.74, 6) is -2.88. The minimum Gasteiger partial charge on any atom is -0.477 e. The van der Waals surface area contributed by atoms with E-state index >= 15 is 4.39 Å². The van der Waals surface area contributed by atoms with Gasteiger partial charge in [0.2, 0.25) is 5.43 Å². The van der Waals surface area contributed by atoms with E-state index in [1.165, 1.54) is 4.57 Å². The fraction of sp³-hybridized carbons (Fsp3) is 0.524. The van der Waals surface area contributed by atoms with Crippen LogP contribution in [0.3, 0.4) is 0 Å². The van der Waals surface area contributed by atoms with Gasteiger partial charge < -0.3 is 29.8 Å². The molecule has 2 aromatic rings. The summed E-state index contributed by atoms with van der Waals surface area (Å²) in [6.07, 6.45) is 3.19. The van der Waals surface area contributed by atoms with Crippen LogP contribution in [0.5, 0.6) is 5.75 Å². The zero-order chi connectivity index (χ0) is 22.8. The predicted molar refractivity (Wildman–Crippen MR) is 108 cm³/mol. The van der Waals surface area contributed by atoms with Gasteiger partial charge in [-0.15, -0.1) is 0 Å². The van der Waals surface area contributed by atoms with E-state index in [-0.39, 0.29) is 41.6 Å². The SMILES string of the molecule is NCC12CN(c3c(F)cc4c(=O)c(C(=O)O)cn(C5CC5)c4c3OC(F)F)C[C@@H]1CCO2. The van der Waals surface area contributed by atoms with Gasteiger partial charge in [0, 0.05) is 44.4 Å². The molecule has 3 heterocycles. The smallest absolute Gasteiger partial charge is 0.387 e. The fourth-order valence-electron chi connectivity index (χ4n) is 5.06. The minimum absolute atomic E-state index is 0.00186. The Morgan fingerprint density at radius 2 is 2.12 bits per heavy atom. The fourth-order valence-corrected chi connectivity index (χ4v) is 5.06. The van der Waals surface area contributed by atoms with Crippen LogP contribution in [0.1, 0.15) is 35.7 Å². The molecule has 1 aromatic carbocycles. The molecule has 3 N–H and O–H groups in total. The van der Waals surface area contributed by atoms with Crippen LogP contribution in [0.2, 0.25) is 0 Å². The van der Waals surface area contributed by atoms with E-state index in [1.807, 2.05) is 0 Å². The van der Waals surface area contributed by atoms with E-state index in [2.05, 4.69) is 0 Å². The number of ether oxygens (including phenoxy) is 2. The van der Waals surface area contributed by atoms with Gasteiger partial charge in [-0.2, -0.15) is 8.78 Å². The number of pyridine rings is 1. The molecular formula is C21H22F3N3O5. The molecule has 3 fully saturated rings. The van der Waals surface area contributed by atoms with Crippen LogP contribution in [0, 0.1) is 11.7 Å². The molecule has 0 spiro atoms. The molecule has 11 heteroatoms. The topological polar surface area (TPSA) is 107 Å². The quantitative estimate of drug-likeness (QED) is 0.691. The maximum atomic E-state index is 15.4. The number of carboxylic acids is 1. The van der Waals surface area contributed by atoms with Gasteiger partial charge in [0.25, 0.3) is 0 Å². The standard InChI is InChI=1S/C21H22F3N3O5/c22-14-5-12-15(27(11-1-2-11)7-13(17(12)28)19(29)30)18(32-20(23)24)16(14)26-6-10-3-4-31-21(10,8-25)9-26/h5,7,10-11,20H,1-4,6,8-9,25H2,(H,29,30)/t10-,21?/m0/s1. The second-order valence-corrected chi connectivity index (χ2v) is 8.61. The number of fused-ring (bicyclic) bond motifs is 2. The van der Waals surface area contributed by atoms with Gasteiger partial charge in [0.05, 0.1) is 10.9 Å². The monoisotopic (exact) mass is 453 g/mol. The van der Waals surface area contributed by atoms with Crippen molar-refractivity contribution in [2.75, 3.05) is 31.1 Å². The molecule has 5 rings (SSSR count). The van der Waals surface area contributed by atoms with Crippen LogP contribution in [-0.4, -0.2) is 54.1 Å². The first kappa shape index (κ1) is 21.1. The molecule has 0 amide bonds. The Morgan fingerprint density at radius 3 is 2.72 bits per heavy atom. The highest BCUT2D eigenvalue weighted by atomic mass is 19.3. The van der Waals surface area contributed by atoms with Crippen LogP contribution in [0.15, 0.2) is 17.1 Å². The van der Waals surface area contributed by atoms with Gasteiger partial charge >= 0.3 is 12.6 Å². The largest absolute Gasteiger partial charge is 0.477 e. The summed E-state index contributed by atoms with van der Waals surface area (Å²) in [5, 5.41) is 9.11. The number of hydrogen-bond donors (Lipinski definition) is 2. The maximum absolute atomic E-state index is 15.4. The van der Waals surface area contributed by atoms with E-state index in [9.17, 15) is 23.5 Å². The number of aromatic carboxylic acids is 1. The Hall–Kier alpha value is -2.79. The van der Waals surface area contributed by atoms with Crippen LogP contribution < -0.4 is 20.8 Å². The third-order valence-corrected chi connectivity index (χ3v) is 6.74. The van der Waals surface area contributed by atoms with Crippen molar-refractivity contribution < 1.29 is 32.5 Å². The third-order valence-electron chi connectivity index (χ3n) is 6.74. The summed E-state index contributed by atoms with van der Waals surface area (Å²) in [4.78, 5) is 25.9. The summed E-state index contributed by atoms with van der Waals surface area (Å²) < 4.78 is 54.5. The molecule has 3 aliphatic rings. The highest BCUT2D eigenvalue weighted by Crippen LogP contribution is 2.48. The second kappa shape index (κ2) is 7.38. The van der Waals surface area contributed by atoms with Crippen molar-refractivity contribution in [3.8, 4) is 5.75 Å². The zero-order valence-electron chi connectivity index (χ0n) is 17.0. The van der Waals surface area contributed by atoms with Crippen LogP contribution in [0.4, 0.5) is 18.9 Å². The number of benzene rings is 1. The first-order valence-corrected chi connectivity index (χ1v) is 10.4. The van der Waals surface area contributed by atoms with Gasteiger partial charge in [-0.05, 0) is 25.3 Å². The second-order valence-electron chi connectivity index (χ2n) is 8.61. The summed E-state index contributed by atoms with van der Waals surface area (Å²) in [6.45, 7) is -2.03. The Balaban J connectivity index is 1.76. The summed E-state index contributed by atoms with van der Waals surface area (Å²) >= 11 is 0. The molecule has 1 unspecified atom stereocenters. The molecule has 0 radical (unpaired) electrons. The van der Waals surface area contributed by atoms with Crippen molar-refractivity contribution >= 4 is 22.6 Å². The molecular weight excluding hydrogens is 431 g/mol. The number of anilines is 1. The van der Waals surface area contributed by atoms with Crippen LogP contribution in [-0.2, 0) is 4.74 Å². The van der Waals surface area contributed by atoms with Gasteiger partial charge in [0.1, 0.15) is 16.9 Å². The predicted octanol–water partition coefficient (Wildman–Crippen LogP) is 2.33. The van der Waals surface area contributed by atoms with Gasteiger partial charge in [-0.3, -0.25) is 4.79 Å². The lowest BCUT2D eigenvalue weighted by Crippen LogP contribution is -2.44. The molecule has 2 aliphatic heterocycles. The first-order chi connectivity index (χ1) is 15.3. The molecule has 8 nitrogen and oxygen atoms in total. The van der Waals surface area contributed by atoms with Gasteiger partial charge in [-0.1, -0.05) is 0 Å². The average molecular weight is 453 g/mol. The van der Waals surface area contributed by atoms with E-state index < -0.39 is 40.7 Å². The first-order valence-electron chi connectivity index (χ1n) is 10.4. The summed E-state index contributed by atoms with van der Waals surface area (Å²) in [5.41, 5.74) is 3.51. The minimum atomic E-state index is -3.28. The number of halogens is 3. The highest BCUT2D eigenvalue weighted by molar-refractivity contribution is 5.97. The Labute approximate surface area is 180 Å². The van der Waals surface area contributed by atoms with E-state index in [0.29, 0.717) is 32.4 Å². The molecule has 0 bridgehead atoms. The molecule has 172 valence electrons. The molecule has 1 saturated carbocycles. The summed E-state index contributed by atoms with van der Waals surface area (Å²) in [6, 6.07) is 0.729. The molecule has 32 heavy (non-hydrogen) atoms.